The Hall–Kier alpha value is -3.63. The number of alkyl halides is 3. The van der Waals surface area contributed by atoms with Gasteiger partial charge >= 0.3 is 12.3 Å². The molecule has 29 heavy (non-hydrogen) atoms. The number of benzene rings is 3. The van der Waals surface area contributed by atoms with Gasteiger partial charge in [-0.1, -0.05) is 36.4 Å². The molecular formula is C22H14F3NO3. The molecule has 0 heterocycles. The molecule has 4 nitrogen and oxygen atoms in total. The van der Waals surface area contributed by atoms with Crippen LogP contribution in [0.2, 0.25) is 0 Å². The van der Waals surface area contributed by atoms with E-state index in [-0.39, 0.29) is 0 Å². The van der Waals surface area contributed by atoms with Gasteiger partial charge in [-0.15, -0.1) is 13.2 Å². The first-order valence-corrected chi connectivity index (χ1v) is 8.46. The van der Waals surface area contributed by atoms with Gasteiger partial charge in [-0.05, 0) is 53.1 Å². The lowest BCUT2D eigenvalue weighted by atomic mass is 10.0. The molecular weight excluding hydrogens is 383 g/mol. The third-order valence-electron chi connectivity index (χ3n) is 4.00. The van der Waals surface area contributed by atoms with Gasteiger partial charge in [0.25, 0.3) is 0 Å². The second-order valence-electron chi connectivity index (χ2n) is 6.03. The fourth-order valence-electron chi connectivity index (χ4n) is 2.52. The molecule has 0 bridgehead atoms. The highest BCUT2D eigenvalue weighted by molar-refractivity contribution is 5.91. The van der Waals surface area contributed by atoms with Gasteiger partial charge in [0.2, 0.25) is 0 Å². The molecule has 0 aromatic heterocycles. The van der Waals surface area contributed by atoms with Gasteiger partial charge in [-0.2, -0.15) is 5.26 Å². The average molecular weight is 397 g/mol. The van der Waals surface area contributed by atoms with Gasteiger partial charge in [-0.25, -0.2) is 4.79 Å². The summed E-state index contributed by atoms with van der Waals surface area (Å²) < 4.78 is 45.3. The molecule has 0 aliphatic rings. The fraction of sp³-hybridized carbons (Fsp3) is 0.0909. The van der Waals surface area contributed by atoms with Crippen molar-refractivity contribution >= 4 is 5.97 Å². The lowest BCUT2D eigenvalue weighted by Gasteiger charge is -2.09. The van der Waals surface area contributed by atoms with Gasteiger partial charge in [0.05, 0.1) is 23.8 Å². The number of hydrogen-bond donors (Lipinski definition) is 0. The van der Waals surface area contributed by atoms with E-state index in [1.807, 2.05) is 6.07 Å². The molecule has 3 rings (SSSR count). The number of carbonyl (C=O) groups excluding carboxylic acids is 1. The van der Waals surface area contributed by atoms with E-state index in [0.29, 0.717) is 22.4 Å². The van der Waals surface area contributed by atoms with Crippen LogP contribution in [0.25, 0.3) is 11.1 Å². The van der Waals surface area contributed by atoms with Crippen molar-refractivity contribution in [2.75, 3.05) is 0 Å². The summed E-state index contributed by atoms with van der Waals surface area (Å²) in [7, 11) is 0. The SMILES string of the molecule is N#Cc1ccc(OC(=O)c2ccc(-c3ccc(COC(F)(F)F)cc3)cc2)cc1. The predicted molar refractivity (Wildman–Crippen MR) is 98.8 cm³/mol. The van der Waals surface area contributed by atoms with Crippen molar-refractivity contribution in [1.82, 2.24) is 0 Å². The Kier molecular flexibility index (Phi) is 5.96. The summed E-state index contributed by atoms with van der Waals surface area (Å²) in [6.45, 7) is -0.552. The highest BCUT2D eigenvalue weighted by Gasteiger charge is 2.28. The topological polar surface area (TPSA) is 59.3 Å². The van der Waals surface area contributed by atoms with Crippen molar-refractivity contribution in [3.8, 4) is 22.9 Å². The van der Waals surface area contributed by atoms with Crippen LogP contribution in [0.15, 0.2) is 72.8 Å². The monoisotopic (exact) mass is 397 g/mol. The highest BCUT2D eigenvalue weighted by atomic mass is 19.4. The molecule has 0 radical (unpaired) electrons. The van der Waals surface area contributed by atoms with Crippen molar-refractivity contribution in [3.63, 3.8) is 0 Å². The molecule has 0 atom stereocenters. The first kappa shape index (κ1) is 20.1. The van der Waals surface area contributed by atoms with Crippen LogP contribution < -0.4 is 4.74 Å². The van der Waals surface area contributed by atoms with Gasteiger partial charge in [-0.3, -0.25) is 4.74 Å². The van der Waals surface area contributed by atoms with Crippen LogP contribution in [-0.4, -0.2) is 12.3 Å². The lowest BCUT2D eigenvalue weighted by molar-refractivity contribution is -0.330. The van der Waals surface area contributed by atoms with Crippen molar-refractivity contribution in [2.45, 2.75) is 13.0 Å². The minimum absolute atomic E-state index is 0.328. The summed E-state index contributed by atoms with van der Waals surface area (Å²) in [6.07, 6.45) is -4.67. The summed E-state index contributed by atoms with van der Waals surface area (Å²) in [5, 5.41) is 8.77. The summed E-state index contributed by atoms with van der Waals surface area (Å²) >= 11 is 0. The number of carbonyl (C=O) groups is 1. The third kappa shape index (κ3) is 5.67. The molecule has 7 heteroatoms. The van der Waals surface area contributed by atoms with Crippen molar-refractivity contribution < 1.29 is 27.4 Å². The minimum Gasteiger partial charge on any atom is -0.423 e. The zero-order chi connectivity index (χ0) is 20.9. The standard InChI is InChI=1S/C22H14F3NO3/c23-22(24,25)28-14-16-1-5-17(6-2-16)18-7-9-19(10-8-18)21(27)29-20-11-3-15(13-26)4-12-20/h1-12H,14H2. The molecule has 0 saturated carbocycles. The molecule has 0 unspecified atom stereocenters. The molecule has 0 spiro atoms. The average Bonchev–Trinajstić information content (AvgIpc) is 2.73. The summed E-state index contributed by atoms with van der Waals surface area (Å²) in [5.74, 6) is -0.212. The zero-order valence-electron chi connectivity index (χ0n) is 14.9. The molecule has 0 fully saturated rings. The Balaban J connectivity index is 1.64. The quantitative estimate of drug-likeness (QED) is 0.422. The number of halogens is 3. The minimum atomic E-state index is -4.67. The molecule has 0 aliphatic heterocycles. The molecule has 3 aromatic rings. The van der Waals surface area contributed by atoms with E-state index >= 15 is 0 Å². The molecule has 3 aromatic carbocycles. The highest BCUT2D eigenvalue weighted by Crippen LogP contribution is 2.23. The summed E-state index contributed by atoms with van der Waals surface area (Å²) in [6, 6.07) is 21.3. The van der Waals surface area contributed by atoms with E-state index in [1.165, 1.54) is 12.1 Å². The second kappa shape index (κ2) is 8.59. The first-order chi connectivity index (χ1) is 13.8. The van der Waals surface area contributed by atoms with E-state index in [0.717, 1.165) is 11.1 Å². The van der Waals surface area contributed by atoms with Gasteiger partial charge in [0, 0.05) is 0 Å². The second-order valence-corrected chi connectivity index (χ2v) is 6.03. The third-order valence-corrected chi connectivity index (χ3v) is 4.00. The van der Waals surface area contributed by atoms with Gasteiger partial charge in [0.1, 0.15) is 5.75 Å². The Morgan fingerprint density at radius 3 is 1.93 bits per heavy atom. The summed E-state index contributed by atoms with van der Waals surface area (Å²) in [5.41, 5.74) is 2.78. The summed E-state index contributed by atoms with van der Waals surface area (Å²) in [4.78, 5) is 12.2. The molecule has 0 aliphatic carbocycles. The van der Waals surface area contributed by atoms with E-state index in [1.54, 1.807) is 60.7 Å². The molecule has 0 amide bonds. The van der Waals surface area contributed by atoms with Crippen LogP contribution in [-0.2, 0) is 11.3 Å². The van der Waals surface area contributed by atoms with Gasteiger partial charge in [0.15, 0.2) is 0 Å². The van der Waals surface area contributed by atoms with Crippen molar-refractivity contribution in [1.29, 1.82) is 5.26 Å². The van der Waals surface area contributed by atoms with Crippen LogP contribution in [0, 0.1) is 11.3 Å². The van der Waals surface area contributed by atoms with E-state index in [4.69, 9.17) is 10.00 Å². The number of esters is 1. The van der Waals surface area contributed by atoms with E-state index in [2.05, 4.69) is 4.74 Å². The smallest absolute Gasteiger partial charge is 0.423 e. The van der Waals surface area contributed by atoms with Crippen molar-refractivity contribution in [2.24, 2.45) is 0 Å². The maximum Gasteiger partial charge on any atom is 0.522 e. The Labute approximate surface area is 164 Å². The van der Waals surface area contributed by atoms with Crippen LogP contribution in [0.3, 0.4) is 0 Å². The van der Waals surface area contributed by atoms with Crippen LogP contribution >= 0.6 is 0 Å². The van der Waals surface area contributed by atoms with Crippen LogP contribution in [0.5, 0.6) is 5.75 Å². The maximum atomic E-state index is 12.2. The van der Waals surface area contributed by atoms with Crippen molar-refractivity contribution in [3.05, 3.63) is 89.5 Å². The van der Waals surface area contributed by atoms with E-state index < -0.39 is 18.9 Å². The Morgan fingerprint density at radius 2 is 1.41 bits per heavy atom. The first-order valence-electron chi connectivity index (χ1n) is 8.46. The number of hydrogen-bond acceptors (Lipinski definition) is 4. The lowest BCUT2D eigenvalue weighted by Crippen LogP contribution is -2.12. The fourth-order valence-corrected chi connectivity index (χ4v) is 2.52. The number of rotatable bonds is 5. The van der Waals surface area contributed by atoms with E-state index in [9.17, 15) is 18.0 Å². The Morgan fingerprint density at radius 1 is 0.862 bits per heavy atom. The molecule has 146 valence electrons. The van der Waals surface area contributed by atoms with Gasteiger partial charge < -0.3 is 4.74 Å². The largest absolute Gasteiger partial charge is 0.522 e. The van der Waals surface area contributed by atoms with Crippen LogP contribution in [0.1, 0.15) is 21.5 Å². The Bertz CT molecular complexity index is 1020. The predicted octanol–water partition coefficient (Wildman–Crippen LogP) is 5.48. The number of ether oxygens (including phenoxy) is 2. The normalized spacial score (nSPS) is 11.0. The maximum absolute atomic E-state index is 12.2. The van der Waals surface area contributed by atoms with Crippen LogP contribution in [0.4, 0.5) is 13.2 Å². The molecule has 0 saturated heterocycles. The number of nitriles is 1. The molecule has 0 N–H and O–H groups in total. The zero-order valence-corrected chi connectivity index (χ0v) is 14.9. The number of nitrogens with zero attached hydrogens (tertiary/aromatic N) is 1.